The molecule has 0 bridgehead atoms. The average molecular weight is 548 g/mol. The summed E-state index contributed by atoms with van der Waals surface area (Å²) in [6.07, 6.45) is 3.79. The van der Waals surface area contributed by atoms with E-state index in [0.717, 1.165) is 28.5 Å². The largest absolute Gasteiger partial charge is 0.497 e. The molecule has 5 rings (SSSR count). The van der Waals surface area contributed by atoms with Crippen LogP contribution in [0.1, 0.15) is 23.5 Å². The van der Waals surface area contributed by atoms with Crippen molar-refractivity contribution < 1.29 is 14.3 Å². The molecule has 2 N–H and O–H groups in total. The van der Waals surface area contributed by atoms with Gasteiger partial charge in [-0.15, -0.1) is 0 Å². The van der Waals surface area contributed by atoms with Crippen molar-refractivity contribution in [1.29, 1.82) is 0 Å². The monoisotopic (exact) mass is 547 g/mol. The van der Waals surface area contributed by atoms with Crippen LogP contribution < -0.4 is 20.3 Å². The number of rotatable bonds is 8. The lowest BCUT2D eigenvalue weighted by Crippen LogP contribution is -2.30. The fourth-order valence-corrected chi connectivity index (χ4v) is 5.20. The topological polar surface area (TPSA) is 80.7 Å². The number of benzene rings is 2. The average Bonchev–Trinajstić information content (AvgIpc) is 3.55. The van der Waals surface area contributed by atoms with E-state index in [1.165, 1.54) is 7.11 Å². The van der Waals surface area contributed by atoms with E-state index in [1.807, 2.05) is 65.7 Å². The summed E-state index contributed by atoms with van der Waals surface area (Å²) in [4.78, 5) is 18.7. The summed E-state index contributed by atoms with van der Waals surface area (Å²) in [6.45, 7) is -0.0622. The van der Waals surface area contributed by atoms with Gasteiger partial charge in [0, 0.05) is 42.6 Å². The second kappa shape index (κ2) is 11.2. The van der Waals surface area contributed by atoms with Crippen molar-refractivity contribution in [3.05, 3.63) is 102 Å². The minimum absolute atomic E-state index is 0.0622. The Bertz CT molecular complexity index is 1460. The molecule has 0 aliphatic carbocycles. The number of hydrogen-bond acceptors (Lipinski definition) is 5. The van der Waals surface area contributed by atoms with Gasteiger partial charge in [0.05, 0.1) is 29.6 Å². The third-order valence-corrected chi connectivity index (χ3v) is 6.92. The number of amides is 1. The predicted octanol–water partition coefficient (Wildman–Crippen LogP) is 5.30. The number of methoxy groups -OCH3 is 2. The highest BCUT2D eigenvalue weighted by atomic mass is 35.5. The van der Waals surface area contributed by atoms with E-state index in [1.54, 1.807) is 25.4 Å². The lowest BCUT2D eigenvalue weighted by molar-refractivity contribution is -0.119. The van der Waals surface area contributed by atoms with Crippen LogP contribution in [-0.2, 0) is 9.53 Å². The van der Waals surface area contributed by atoms with E-state index in [0.29, 0.717) is 15.8 Å². The molecule has 0 spiro atoms. The third kappa shape index (κ3) is 5.08. The Morgan fingerprint density at radius 3 is 2.68 bits per heavy atom. The zero-order valence-corrected chi connectivity index (χ0v) is 22.4. The summed E-state index contributed by atoms with van der Waals surface area (Å²) < 4.78 is 12.5. The van der Waals surface area contributed by atoms with Gasteiger partial charge in [0.1, 0.15) is 18.4 Å². The molecule has 1 aliphatic heterocycles. The standard InChI is InChI=1S/C28H26ClN5O3S/c1-36-17-25(35)31-22-12-11-19(16-21(22)29)34-27(26(32-28(34)38)23-9-3-4-13-30-23)24-10-6-14-33(24)18-7-5-8-20(15-18)37-2/h3-16,26-27H,17H2,1-2H3,(H,31,35)(H,32,38)/t26-,27-/m0/s1. The zero-order valence-electron chi connectivity index (χ0n) is 20.8. The maximum absolute atomic E-state index is 12.0. The van der Waals surface area contributed by atoms with Crippen LogP contribution in [0, 0.1) is 0 Å². The van der Waals surface area contributed by atoms with Gasteiger partial charge in [-0.2, -0.15) is 0 Å². The van der Waals surface area contributed by atoms with E-state index in [4.69, 9.17) is 33.3 Å². The van der Waals surface area contributed by atoms with Gasteiger partial charge in [0.25, 0.3) is 0 Å². The summed E-state index contributed by atoms with van der Waals surface area (Å²) in [5, 5.41) is 7.16. The van der Waals surface area contributed by atoms with E-state index in [-0.39, 0.29) is 24.6 Å². The molecule has 4 aromatic rings. The first-order valence-corrected chi connectivity index (χ1v) is 12.7. The lowest BCUT2D eigenvalue weighted by Gasteiger charge is -2.29. The number of halogens is 1. The third-order valence-electron chi connectivity index (χ3n) is 6.29. The van der Waals surface area contributed by atoms with Crippen LogP contribution in [0.25, 0.3) is 5.69 Å². The van der Waals surface area contributed by atoms with Gasteiger partial charge in [-0.3, -0.25) is 9.78 Å². The van der Waals surface area contributed by atoms with Crippen LogP contribution in [0.2, 0.25) is 5.02 Å². The predicted molar refractivity (Wildman–Crippen MR) is 152 cm³/mol. The van der Waals surface area contributed by atoms with E-state index < -0.39 is 0 Å². The molecule has 2 atom stereocenters. The quantitative estimate of drug-likeness (QED) is 0.290. The molecule has 194 valence electrons. The highest BCUT2D eigenvalue weighted by molar-refractivity contribution is 7.80. The molecule has 0 radical (unpaired) electrons. The Labute approximate surface area is 231 Å². The maximum Gasteiger partial charge on any atom is 0.250 e. The number of thiocarbonyl (C=S) groups is 1. The van der Waals surface area contributed by atoms with Crippen LogP contribution in [0.15, 0.2) is 85.2 Å². The van der Waals surface area contributed by atoms with Crippen LogP contribution in [0.4, 0.5) is 11.4 Å². The second-order valence-corrected chi connectivity index (χ2v) is 9.44. The number of pyridine rings is 1. The molecule has 8 nitrogen and oxygen atoms in total. The van der Waals surface area contributed by atoms with Gasteiger partial charge in [0.2, 0.25) is 5.91 Å². The van der Waals surface area contributed by atoms with E-state index >= 15 is 0 Å². The summed E-state index contributed by atoms with van der Waals surface area (Å²) in [5.41, 5.74) is 4.08. The lowest BCUT2D eigenvalue weighted by atomic mass is 10.0. The van der Waals surface area contributed by atoms with Crippen molar-refractivity contribution in [3.8, 4) is 11.4 Å². The molecular formula is C28H26ClN5O3S. The fourth-order valence-electron chi connectivity index (χ4n) is 4.64. The van der Waals surface area contributed by atoms with Crippen molar-refractivity contribution in [2.45, 2.75) is 12.1 Å². The molecule has 1 fully saturated rings. The zero-order chi connectivity index (χ0) is 26.6. The second-order valence-electron chi connectivity index (χ2n) is 8.65. The van der Waals surface area contributed by atoms with Gasteiger partial charge in [-0.25, -0.2) is 0 Å². The van der Waals surface area contributed by atoms with Crippen LogP contribution in [0.3, 0.4) is 0 Å². The Kier molecular flexibility index (Phi) is 7.59. The van der Waals surface area contributed by atoms with Gasteiger partial charge < -0.3 is 29.6 Å². The first-order chi connectivity index (χ1) is 18.5. The summed E-state index contributed by atoms with van der Waals surface area (Å²) >= 11 is 12.5. The van der Waals surface area contributed by atoms with Gasteiger partial charge in [-0.05, 0) is 66.8 Å². The van der Waals surface area contributed by atoms with Gasteiger partial charge in [-0.1, -0.05) is 23.7 Å². The van der Waals surface area contributed by atoms with Crippen LogP contribution >= 0.6 is 23.8 Å². The summed E-state index contributed by atoms with van der Waals surface area (Å²) in [5.74, 6) is 0.475. The number of carbonyl (C=O) groups excluding carboxylic acids is 1. The fraction of sp³-hybridized carbons (Fsp3) is 0.179. The van der Waals surface area contributed by atoms with Crippen molar-refractivity contribution in [1.82, 2.24) is 14.9 Å². The summed E-state index contributed by atoms with van der Waals surface area (Å²) in [7, 11) is 3.12. The molecule has 2 aromatic heterocycles. The number of hydrogen-bond donors (Lipinski definition) is 2. The Morgan fingerprint density at radius 1 is 1.08 bits per heavy atom. The molecule has 1 saturated heterocycles. The highest BCUT2D eigenvalue weighted by Crippen LogP contribution is 2.43. The SMILES string of the molecule is COCC(=O)Nc1ccc(N2C(=S)N[C@@H](c3ccccn3)[C@@H]2c2cccn2-c2cccc(OC)c2)cc1Cl. The number of aromatic nitrogens is 2. The van der Waals surface area contributed by atoms with Crippen molar-refractivity contribution in [2.75, 3.05) is 31.0 Å². The number of carbonyl (C=O) groups is 1. The number of ether oxygens (including phenoxy) is 2. The van der Waals surface area contributed by atoms with Gasteiger partial charge >= 0.3 is 0 Å². The first kappa shape index (κ1) is 25.7. The number of anilines is 2. The highest BCUT2D eigenvalue weighted by Gasteiger charge is 2.42. The molecule has 38 heavy (non-hydrogen) atoms. The first-order valence-electron chi connectivity index (χ1n) is 11.9. The number of nitrogens with zero attached hydrogens (tertiary/aromatic N) is 3. The molecule has 10 heteroatoms. The normalized spacial score (nSPS) is 16.8. The maximum atomic E-state index is 12.0. The Morgan fingerprint density at radius 2 is 1.95 bits per heavy atom. The molecule has 2 aromatic carbocycles. The van der Waals surface area contributed by atoms with E-state index in [2.05, 4.69) is 26.3 Å². The minimum Gasteiger partial charge on any atom is -0.497 e. The van der Waals surface area contributed by atoms with E-state index in [9.17, 15) is 4.79 Å². The van der Waals surface area contributed by atoms with Crippen LogP contribution in [-0.4, -0.2) is 41.4 Å². The Balaban J connectivity index is 1.59. The minimum atomic E-state index is -0.287. The van der Waals surface area contributed by atoms with Gasteiger partial charge in [0.15, 0.2) is 5.11 Å². The molecule has 3 heterocycles. The molecule has 0 unspecified atom stereocenters. The molecule has 1 aliphatic rings. The molecular weight excluding hydrogens is 522 g/mol. The summed E-state index contributed by atoms with van der Waals surface area (Å²) in [6, 6.07) is 22.7. The molecule has 0 saturated carbocycles. The molecule has 1 amide bonds. The Hall–Kier alpha value is -3.92. The van der Waals surface area contributed by atoms with Crippen molar-refractivity contribution in [3.63, 3.8) is 0 Å². The van der Waals surface area contributed by atoms with Crippen molar-refractivity contribution in [2.24, 2.45) is 0 Å². The van der Waals surface area contributed by atoms with Crippen LogP contribution in [0.5, 0.6) is 5.75 Å². The smallest absolute Gasteiger partial charge is 0.250 e. The van der Waals surface area contributed by atoms with Crippen molar-refractivity contribution >= 4 is 46.2 Å². The number of nitrogens with one attached hydrogen (secondary N) is 2.